The zero-order valence-electron chi connectivity index (χ0n) is 15.2. The van der Waals surface area contributed by atoms with Crippen molar-refractivity contribution in [2.45, 2.75) is 32.3 Å². The summed E-state index contributed by atoms with van der Waals surface area (Å²) in [5.41, 5.74) is 6.04. The third-order valence-electron chi connectivity index (χ3n) is 4.99. The minimum Gasteiger partial charge on any atom is -0.496 e. The summed E-state index contributed by atoms with van der Waals surface area (Å²) in [6.45, 7) is 4.13. The number of nitrogens with zero attached hydrogens (tertiary/aromatic N) is 1. The van der Waals surface area contributed by atoms with E-state index in [1.54, 1.807) is 19.2 Å². The molecule has 0 saturated carbocycles. The molecule has 0 saturated heterocycles. The van der Waals surface area contributed by atoms with E-state index in [1.165, 1.54) is 22.3 Å². The normalized spacial score (nSPS) is 16.8. The molecule has 2 aromatic carbocycles. The SMILES string of the molecule is COc1cc(N=O)ccc1C1=Cc2ccc3c(c2CC1)C=CC(C)(C)O3. The molecule has 0 amide bonds. The molecule has 1 aliphatic heterocycles. The van der Waals surface area contributed by atoms with Crippen molar-refractivity contribution in [2.24, 2.45) is 5.18 Å². The fourth-order valence-electron chi connectivity index (χ4n) is 3.68. The summed E-state index contributed by atoms with van der Waals surface area (Å²) in [6.07, 6.45) is 8.35. The number of allylic oxidation sites excluding steroid dienone is 1. The summed E-state index contributed by atoms with van der Waals surface area (Å²) in [4.78, 5) is 10.8. The number of fused-ring (bicyclic) bond motifs is 3. The lowest BCUT2D eigenvalue weighted by Gasteiger charge is -2.30. The Hall–Kier alpha value is -2.88. The third-order valence-corrected chi connectivity index (χ3v) is 4.99. The molecular formula is C22H21NO3. The van der Waals surface area contributed by atoms with Crippen LogP contribution in [0.25, 0.3) is 17.7 Å². The van der Waals surface area contributed by atoms with E-state index >= 15 is 0 Å². The Morgan fingerprint density at radius 2 is 2.00 bits per heavy atom. The molecule has 0 unspecified atom stereocenters. The fourth-order valence-corrected chi connectivity index (χ4v) is 3.68. The quantitative estimate of drug-likeness (QED) is 0.663. The highest BCUT2D eigenvalue weighted by molar-refractivity contribution is 5.88. The van der Waals surface area contributed by atoms with Crippen LogP contribution in [0.1, 0.15) is 42.5 Å². The van der Waals surface area contributed by atoms with E-state index in [9.17, 15) is 4.91 Å². The Balaban J connectivity index is 1.77. The molecule has 0 fully saturated rings. The van der Waals surface area contributed by atoms with E-state index in [0.29, 0.717) is 11.4 Å². The molecule has 0 radical (unpaired) electrons. The highest BCUT2D eigenvalue weighted by Crippen LogP contribution is 2.41. The van der Waals surface area contributed by atoms with Crippen LogP contribution in [0.5, 0.6) is 11.5 Å². The topological polar surface area (TPSA) is 47.9 Å². The molecule has 4 rings (SSSR count). The Kier molecular flexibility index (Phi) is 3.91. The predicted octanol–water partition coefficient (Wildman–Crippen LogP) is 5.76. The van der Waals surface area contributed by atoms with Crippen LogP contribution in [0.3, 0.4) is 0 Å². The zero-order chi connectivity index (χ0) is 18.3. The Morgan fingerprint density at radius 3 is 2.77 bits per heavy atom. The molecule has 4 nitrogen and oxygen atoms in total. The standard InChI is InChI=1S/C22H21NO3/c1-22(2)11-10-19-17-7-4-15(12-14(17)5-9-20(19)26-22)18-8-6-16(23-24)13-21(18)25-3/h5-6,8-13H,4,7H2,1-3H3. The molecule has 0 N–H and O–H groups in total. The molecule has 0 atom stereocenters. The maximum absolute atomic E-state index is 10.8. The second-order valence-corrected chi connectivity index (χ2v) is 7.23. The number of nitroso groups, excluding NO2 is 1. The smallest absolute Gasteiger partial charge is 0.128 e. The molecule has 2 aromatic rings. The van der Waals surface area contributed by atoms with Gasteiger partial charge in [0.1, 0.15) is 22.8 Å². The van der Waals surface area contributed by atoms with Crippen LogP contribution in [0.2, 0.25) is 0 Å². The van der Waals surface area contributed by atoms with Crippen molar-refractivity contribution in [1.29, 1.82) is 0 Å². The van der Waals surface area contributed by atoms with E-state index in [4.69, 9.17) is 9.47 Å². The number of hydrogen-bond donors (Lipinski definition) is 0. The van der Waals surface area contributed by atoms with Crippen LogP contribution >= 0.6 is 0 Å². The number of rotatable bonds is 3. The van der Waals surface area contributed by atoms with Crippen molar-refractivity contribution >= 4 is 23.4 Å². The molecule has 0 spiro atoms. The molecule has 1 aliphatic carbocycles. The first-order valence-corrected chi connectivity index (χ1v) is 8.77. The van der Waals surface area contributed by atoms with Gasteiger partial charge in [-0.05, 0) is 72.8 Å². The van der Waals surface area contributed by atoms with Gasteiger partial charge in [0.05, 0.1) is 7.11 Å². The number of methoxy groups -OCH3 is 1. The largest absolute Gasteiger partial charge is 0.496 e. The van der Waals surface area contributed by atoms with E-state index < -0.39 is 0 Å². The first kappa shape index (κ1) is 16.6. The molecule has 0 bridgehead atoms. The Bertz CT molecular complexity index is 954. The number of hydrogen-bond acceptors (Lipinski definition) is 4. The second-order valence-electron chi connectivity index (χ2n) is 7.23. The maximum Gasteiger partial charge on any atom is 0.128 e. The van der Waals surface area contributed by atoms with Gasteiger partial charge in [-0.3, -0.25) is 0 Å². The summed E-state index contributed by atoms with van der Waals surface area (Å²) in [7, 11) is 1.62. The van der Waals surface area contributed by atoms with Crippen molar-refractivity contribution in [3.63, 3.8) is 0 Å². The molecule has 1 heterocycles. The molecular weight excluding hydrogens is 326 g/mol. The van der Waals surface area contributed by atoms with Gasteiger partial charge in [-0.2, -0.15) is 0 Å². The van der Waals surface area contributed by atoms with Crippen LogP contribution in [0.4, 0.5) is 5.69 Å². The number of benzene rings is 2. The van der Waals surface area contributed by atoms with Crippen molar-refractivity contribution in [3.8, 4) is 11.5 Å². The van der Waals surface area contributed by atoms with Crippen molar-refractivity contribution in [3.05, 3.63) is 63.6 Å². The summed E-state index contributed by atoms with van der Waals surface area (Å²) < 4.78 is 11.6. The van der Waals surface area contributed by atoms with E-state index in [1.807, 2.05) is 6.07 Å². The average Bonchev–Trinajstić information content (AvgIpc) is 2.65. The summed E-state index contributed by atoms with van der Waals surface area (Å²) >= 11 is 0. The first-order chi connectivity index (χ1) is 12.5. The monoisotopic (exact) mass is 347 g/mol. The van der Waals surface area contributed by atoms with Gasteiger partial charge in [0, 0.05) is 17.2 Å². The average molecular weight is 347 g/mol. The van der Waals surface area contributed by atoms with Crippen LogP contribution in [-0.4, -0.2) is 12.7 Å². The lowest BCUT2D eigenvalue weighted by atomic mass is 9.84. The second kappa shape index (κ2) is 6.13. The van der Waals surface area contributed by atoms with Crippen molar-refractivity contribution in [2.75, 3.05) is 7.11 Å². The van der Waals surface area contributed by atoms with Crippen LogP contribution in [-0.2, 0) is 6.42 Å². The maximum atomic E-state index is 10.8. The summed E-state index contributed by atoms with van der Waals surface area (Å²) in [6, 6.07) is 9.50. The molecule has 0 aromatic heterocycles. The van der Waals surface area contributed by atoms with Gasteiger partial charge in [-0.1, -0.05) is 18.2 Å². The highest BCUT2D eigenvalue weighted by atomic mass is 16.5. The van der Waals surface area contributed by atoms with Crippen LogP contribution in [0.15, 0.2) is 41.6 Å². The fraction of sp³-hybridized carbons (Fsp3) is 0.273. The molecule has 4 heteroatoms. The van der Waals surface area contributed by atoms with Gasteiger partial charge < -0.3 is 9.47 Å². The van der Waals surface area contributed by atoms with E-state index in [0.717, 1.165) is 24.2 Å². The summed E-state index contributed by atoms with van der Waals surface area (Å²) in [5.74, 6) is 1.63. The highest BCUT2D eigenvalue weighted by Gasteiger charge is 2.25. The molecule has 2 aliphatic rings. The molecule has 26 heavy (non-hydrogen) atoms. The predicted molar refractivity (Wildman–Crippen MR) is 105 cm³/mol. The van der Waals surface area contributed by atoms with Gasteiger partial charge in [0.25, 0.3) is 0 Å². The van der Waals surface area contributed by atoms with Gasteiger partial charge in [-0.15, -0.1) is 4.91 Å². The molecule has 132 valence electrons. The van der Waals surface area contributed by atoms with Crippen LogP contribution in [0, 0.1) is 4.91 Å². The van der Waals surface area contributed by atoms with Crippen molar-refractivity contribution < 1.29 is 9.47 Å². The van der Waals surface area contributed by atoms with Gasteiger partial charge in [0.2, 0.25) is 0 Å². The number of ether oxygens (including phenoxy) is 2. The first-order valence-electron chi connectivity index (χ1n) is 8.77. The van der Waals surface area contributed by atoms with E-state index in [-0.39, 0.29) is 5.60 Å². The lowest BCUT2D eigenvalue weighted by molar-refractivity contribution is 0.159. The van der Waals surface area contributed by atoms with Gasteiger partial charge >= 0.3 is 0 Å². The zero-order valence-corrected chi connectivity index (χ0v) is 15.2. The Morgan fingerprint density at radius 1 is 1.15 bits per heavy atom. The van der Waals surface area contributed by atoms with Crippen molar-refractivity contribution in [1.82, 2.24) is 0 Å². The minimum absolute atomic E-state index is 0.265. The van der Waals surface area contributed by atoms with Gasteiger partial charge in [-0.25, -0.2) is 0 Å². The van der Waals surface area contributed by atoms with Gasteiger partial charge in [0.15, 0.2) is 0 Å². The lowest BCUT2D eigenvalue weighted by Crippen LogP contribution is -2.28. The third kappa shape index (κ3) is 2.81. The van der Waals surface area contributed by atoms with Crippen LogP contribution < -0.4 is 9.47 Å². The minimum atomic E-state index is -0.265. The Labute approximate surface area is 153 Å². The van der Waals surface area contributed by atoms with E-state index in [2.05, 4.69) is 49.4 Å². The summed E-state index contributed by atoms with van der Waals surface area (Å²) in [5, 5.41) is 2.99.